The highest BCUT2D eigenvalue weighted by atomic mass is 79.9. The molecule has 0 aromatic heterocycles. The zero-order valence-corrected chi connectivity index (χ0v) is 11.4. The van der Waals surface area contributed by atoms with Crippen molar-refractivity contribution < 1.29 is 9.47 Å². The van der Waals surface area contributed by atoms with Crippen molar-refractivity contribution in [3.8, 4) is 0 Å². The third kappa shape index (κ3) is 2.42. The Morgan fingerprint density at radius 3 is 2.88 bits per heavy atom. The molecular formula is C14H17BrO2. The van der Waals surface area contributed by atoms with Crippen LogP contribution in [0.2, 0.25) is 0 Å². The molecule has 92 valence electrons. The van der Waals surface area contributed by atoms with E-state index in [1.165, 1.54) is 29.5 Å². The highest BCUT2D eigenvalue weighted by Gasteiger charge is 2.24. The summed E-state index contributed by atoms with van der Waals surface area (Å²) in [5.74, 6) is 0. The molecule has 1 saturated heterocycles. The molecule has 2 nitrogen and oxygen atoms in total. The van der Waals surface area contributed by atoms with Crippen LogP contribution in [-0.4, -0.2) is 12.7 Å². The van der Waals surface area contributed by atoms with E-state index in [1.807, 2.05) is 0 Å². The summed E-state index contributed by atoms with van der Waals surface area (Å²) in [4.78, 5) is 0.314. The fraction of sp³-hybridized carbons (Fsp3) is 0.571. The van der Waals surface area contributed by atoms with E-state index in [1.54, 1.807) is 0 Å². The Balaban J connectivity index is 1.78. The van der Waals surface area contributed by atoms with Crippen LogP contribution in [-0.2, 0) is 22.7 Å². The Bertz CT molecular complexity index is 399. The maximum atomic E-state index is 5.84. The van der Waals surface area contributed by atoms with Gasteiger partial charge in [-0.15, -0.1) is 0 Å². The number of halogens is 1. The summed E-state index contributed by atoms with van der Waals surface area (Å²) in [6, 6.07) is 6.65. The monoisotopic (exact) mass is 296 g/mol. The van der Waals surface area contributed by atoms with Crippen LogP contribution >= 0.6 is 15.9 Å². The van der Waals surface area contributed by atoms with Crippen LogP contribution in [0.25, 0.3) is 0 Å². The molecule has 0 spiro atoms. The van der Waals surface area contributed by atoms with Crippen LogP contribution in [0.1, 0.15) is 40.8 Å². The van der Waals surface area contributed by atoms with E-state index in [0.29, 0.717) is 10.9 Å². The fourth-order valence-corrected chi connectivity index (χ4v) is 3.28. The van der Waals surface area contributed by atoms with Crippen LogP contribution < -0.4 is 0 Å². The standard InChI is InChI=1S/C14H17BrO2/c15-14(13-3-1-2-6-17-13)10-4-5-11-8-16-9-12(11)7-10/h4-5,7,13-14H,1-3,6,8-9H2. The zero-order valence-electron chi connectivity index (χ0n) is 9.82. The summed E-state index contributed by atoms with van der Waals surface area (Å²) >= 11 is 3.79. The number of rotatable bonds is 2. The number of benzene rings is 1. The average Bonchev–Trinajstić information content (AvgIpc) is 2.86. The first kappa shape index (κ1) is 11.7. The van der Waals surface area contributed by atoms with Gasteiger partial charge in [0.1, 0.15) is 0 Å². The minimum Gasteiger partial charge on any atom is -0.377 e. The normalized spacial score (nSPS) is 25.6. The van der Waals surface area contributed by atoms with Crippen molar-refractivity contribution in [2.24, 2.45) is 0 Å². The Morgan fingerprint density at radius 1 is 1.18 bits per heavy atom. The molecule has 0 amide bonds. The molecule has 0 aliphatic carbocycles. The Kier molecular flexibility index (Phi) is 3.50. The third-order valence-corrected chi connectivity index (χ3v) is 4.72. The van der Waals surface area contributed by atoms with E-state index < -0.39 is 0 Å². The van der Waals surface area contributed by atoms with Gasteiger partial charge in [-0.25, -0.2) is 0 Å². The van der Waals surface area contributed by atoms with E-state index in [0.717, 1.165) is 26.2 Å². The van der Waals surface area contributed by atoms with Gasteiger partial charge in [0.25, 0.3) is 0 Å². The molecule has 17 heavy (non-hydrogen) atoms. The van der Waals surface area contributed by atoms with Crippen LogP contribution in [0.15, 0.2) is 18.2 Å². The molecule has 2 heterocycles. The molecule has 0 saturated carbocycles. The lowest BCUT2D eigenvalue weighted by Crippen LogP contribution is -2.23. The molecule has 3 heteroatoms. The number of hydrogen-bond acceptors (Lipinski definition) is 2. The Labute approximate surface area is 110 Å². The summed E-state index contributed by atoms with van der Waals surface area (Å²) in [5, 5.41) is 0. The maximum absolute atomic E-state index is 5.84. The van der Waals surface area contributed by atoms with Crippen molar-refractivity contribution in [3.05, 3.63) is 34.9 Å². The van der Waals surface area contributed by atoms with Crippen LogP contribution in [0.5, 0.6) is 0 Å². The summed E-state index contributed by atoms with van der Waals surface area (Å²) in [7, 11) is 0. The Hall–Kier alpha value is -0.380. The first-order chi connectivity index (χ1) is 8.34. The highest BCUT2D eigenvalue weighted by Crippen LogP contribution is 2.35. The smallest absolute Gasteiger partial charge is 0.0740 e. The molecule has 2 unspecified atom stereocenters. The van der Waals surface area contributed by atoms with E-state index >= 15 is 0 Å². The molecule has 2 aliphatic rings. The van der Waals surface area contributed by atoms with E-state index in [9.17, 15) is 0 Å². The minimum atomic E-state index is 0.314. The van der Waals surface area contributed by atoms with Gasteiger partial charge in [-0.2, -0.15) is 0 Å². The van der Waals surface area contributed by atoms with Crippen molar-refractivity contribution in [2.75, 3.05) is 6.61 Å². The molecular weight excluding hydrogens is 280 g/mol. The van der Waals surface area contributed by atoms with Gasteiger partial charge in [0.05, 0.1) is 24.1 Å². The molecule has 0 N–H and O–H groups in total. The van der Waals surface area contributed by atoms with Crippen molar-refractivity contribution >= 4 is 15.9 Å². The molecule has 0 radical (unpaired) electrons. The summed E-state index contributed by atoms with van der Waals surface area (Å²) in [6.07, 6.45) is 3.96. The topological polar surface area (TPSA) is 18.5 Å². The summed E-state index contributed by atoms with van der Waals surface area (Å²) in [6.45, 7) is 2.43. The summed E-state index contributed by atoms with van der Waals surface area (Å²) in [5.41, 5.74) is 3.99. The van der Waals surface area contributed by atoms with Gasteiger partial charge in [-0.3, -0.25) is 0 Å². The first-order valence-electron chi connectivity index (χ1n) is 6.30. The maximum Gasteiger partial charge on any atom is 0.0740 e. The summed E-state index contributed by atoms with van der Waals surface area (Å²) < 4.78 is 11.3. The number of fused-ring (bicyclic) bond motifs is 1. The zero-order chi connectivity index (χ0) is 11.7. The van der Waals surface area contributed by atoms with Crippen molar-refractivity contribution in [2.45, 2.75) is 43.4 Å². The van der Waals surface area contributed by atoms with Crippen LogP contribution in [0, 0.1) is 0 Å². The SMILES string of the molecule is BrC(c1ccc2c(c1)COC2)C1CCCCO1. The number of hydrogen-bond donors (Lipinski definition) is 0. The minimum absolute atomic E-state index is 0.314. The van der Waals surface area contributed by atoms with Crippen LogP contribution in [0.3, 0.4) is 0 Å². The average molecular weight is 297 g/mol. The van der Waals surface area contributed by atoms with Gasteiger partial charge in [0.15, 0.2) is 0 Å². The molecule has 2 aliphatic heterocycles. The second-order valence-corrected chi connectivity index (χ2v) is 5.81. The Morgan fingerprint density at radius 2 is 2.06 bits per heavy atom. The quantitative estimate of drug-likeness (QED) is 0.775. The molecule has 2 atom stereocenters. The molecule has 3 rings (SSSR count). The highest BCUT2D eigenvalue weighted by molar-refractivity contribution is 9.09. The molecule has 1 aromatic rings. The largest absolute Gasteiger partial charge is 0.377 e. The van der Waals surface area contributed by atoms with Gasteiger partial charge < -0.3 is 9.47 Å². The fourth-order valence-electron chi connectivity index (χ4n) is 2.57. The van der Waals surface area contributed by atoms with E-state index in [-0.39, 0.29) is 0 Å². The van der Waals surface area contributed by atoms with Crippen molar-refractivity contribution in [1.82, 2.24) is 0 Å². The predicted octanol–water partition coefficient (Wildman–Crippen LogP) is 3.72. The number of alkyl halides is 1. The van der Waals surface area contributed by atoms with Gasteiger partial charge in [0.2, 0.25) is 0 Å². The van der Waals surface area contributed by atoms with Gasteiger partial charge in [0, 0.05) is 6.61 Å². The van der Waals surface area contributed by atoms with Crippen molar-refractivity contribution in [1.29, 1.82) is 0 Å². The lowest BCUT2D eigenvalue weighted by Gasteiger charge is -2.27. The van der Waals surface area contributed by atoms with Crippen molar-refractivity contribution in [3.63, 3.8) is 0 Å². The molecule has 1 aromatic carbocycles. The van der Waals surface area contributed by atoms with Gasteiger partial charge >= 0.3 is 0 Å². The van der Waals surface area contributed by atoms with Crippen LogP contribution in [0.4, 0.5) is 0 Å². The number of ether oxygens (including phenoxy) is 2. The van der Waals surface area contributed by atoms with Gasteiger partial charge in [-0.05, 0) is 36.0 Å². The second kappa shape index (κ2) is 5.09. The molecule has 0 bridgehead atoms. The van der Waals surface area contributed by atoms with E-state index in [4.69, 9.17) is 9.47 Å². The lowest BCUT2D eigenvalue weighted by atomic mass is 9.98. The van der Waals surface area contributed by atoms with E-state index in [2.05, 4.69) is 34.1 Å². The third-order valence-electron chi connectivity index (χ3n) is 3.61. The molecule has 1 fully saturated rings. The predicted molar refractivity (Wildman–Crippen MR) is 70.2 cm³/mol. The lowest BCUT2D eigenvalue weighted by molar-refractivity contribution is 0.0160. The second-order valence-electron chi connectivity index (χ2n) is 4.83. The first-order valence-corrected chi connectivity index (χ1v) is 7.21. The van der Waals surface area contributed by atoms with Gasteiger partial charge in [-0.1, -0.05) is 34.1 Å².